The summed E-state index contributed by atoms with van der Waals surface area (Å²) in [6.07, 6.45) is 16.7. The lowest BCUT2D eigenvalue weighted by molar-refractivity contribution is -0.113. The number of rotatable bonds is 26. The number of benzene rings is 1. The molecule has 0 bridgehead atoms. The summed E-state index contributed by atoms with van der Waals surface area (Å²) in [6, 6.07) is 11.8. The molecule has 1 aromatic carbocycles. The Hall–Kier alpha value is -7.23. The molecule has 0 saturated heterocycles. The van der Waals surface area contributed by atoms with Crippen LogP contribution in [0.25, 0.3) is 0 Å². The standard InChI is InChI=1S/C59H72N4O12/c1-38(2)16-9-17-39(3)18-10-19-40(4)20-11-26-59(8)27-25-48-43(7)51(41(5)42(6)52(48)75-59)74-58(68)70-37-50(72-56(66)46-23-14-30-62-34-46)53(73-57(67)47-24-15-31-63-35-47)49(71-55(65)45-22-13-29-61-33-45)36-69-54(64)44-21-12-28-60-32-44/h12-15,21-24,28-35,38-40,49-50,53H,9-11,16-20,25-27,36-37H2,1-8H3. The molecular weight excluding hydrogens is 957 g/mol. The number of hydrogen-bond donors (Lipinski definition) is 0. The van der Waals surface area contributed by atoms with Gasteiger partial charge >= 0.3 is 30.0 Å². The smallest absolute Gasteiger partial charge is 0.487 e. The summed E-state index contributed by atoms with van der Waals surface area (Å²) in [4.78, 5) is 84.8. The predicted octanol–water partition coefficient (Wildman–Crippen LogP) is 11.8. The lowest BCUT2D eigenvalue weighted by Crippen LogP contribution is -2.50. The third-order valence-electron chi connectivity index (χ3n) is 13.8. The van der Waals surface area contributed by atoms with Gasteiger partial charge in [0.15, 0.2) is 18.3 Å². The van der Waals surface area contributed by atoms with Crippen molar-refractivity contribution in [1.82, 2.24) is 19.9 Å². The molecule has 0 spiro atoms. The van der Waals surface area contributed by atoms with E-state index in [1.54, 1.807) is 0 Å². The van der Waals surface area contributed by atoms with Gasteiger partial charge in [0.25, 0.3) is 0 Å². The highest BCUT2D eigenvalue weighted by Crippen LogP contribution is 2.45. The van der Waals surface area contributed by atoms with Crippen LogP contribution in [0.1, 0.15) is 163 Å². The summed E-state index contributed by atoms with van der Waals surface area (Å²) in [7, 11) is 0. The molecule has 75 heavy (non-hydrogen) atoms. The molecule has 5 heterocycles. The molecular formula is C59H72N4O12. The zero-order chi connectivity index (χ0) is 53.9. The van der Waals surface area contributed by atoms with Crippen LogP contribution in [0.3, 0.4) is 0 Å². The van der Waals surface area contributed by atoms with E-state index in [-0.39, 0.29) is 33.6 Å². The molecule has 0 fully saturated rings. The van der Waals surface area contributed by atoms with Crippen LogP contribution >= 0.6 is 0 Å². The molecule has 0 radical (unpaired) electrons. The topological polar surface area (TPSA) is 202 Å². The van der Waals surface area contributed by atoms with Crippen molar-refractivity contribution in [3.05, 3.63) is 143 Å². The Morgan fingerprint density at radius 1 is 0.573 bits per heavy atom. The van der Waals surface area contributed by atoms with E-state index in [9.17, 15) is 24.0 Å². The first-order valence-corrected chi connectivity index (χ1v) is 26.1. The third-order valence-corrected chi connectivity index (χ3v) is 13.8. The average Bonchev–Trinajstić information content (AvgIpc) is 3.41. The fourth-order valence-corrected chi connectivity index (χ4v) is 9.24. The van der Waals surface area contributed by atoms with Crippen molar-refractivity contribution in [2.45, 2.75) is 150 Å². The minimum Gasteiger partial charge on any atom is -0.487 e. The number of nitrogens with zero attached hydrogens (tertiary/aromatic N) is 4. The first kappa shape index (κ1) is 57.1. The summed E-state index contributed by atoms with van der Waals surface area (Å²) in [5.74, 6) is -0.536. The largest absolute Gasteiger partial charge is 0.514 e. The monoisotopic (exact) mass is 1030 g/mol. The Balaban J connectivity index is 1.20. The maximum Gasteiger partial charge on any atom is 0.514 e. The average molecular weight is 1030 g/mol. The van der Waals surface area contributed by atoms with Crippen LogP contribution < -0.4 is 9.47 Å². The van der Waals surface area contributed by atoms with Crippen molar-refractivity contribution in [2.75, 3.05) is 13.2 Å². The number of carbonyl (C=O) groups is 5. The van der Waals surface area contributed by atoms with Crippen LogP contribution in [0, 0.1) is 38.5 Å². The summed E-state index contributed by atoms with van der Waals surface area (Å²) in [5, 5.41) is 0. The maximum absolute atomic E-state index is 14.0. The summed E-state index contributed by atoms with van der Waals surface area (Å²) < 4.78 is 42.1. The highest BCUT2D eigenvalue weighted by molar-refractivity contribution is 5.91. The van der Waals surface area contributed by atoms with Crippen molar-refractivity contribution in [2.24, 2.45) is 17.8 Å². The molecule has 1 aliphatic heterocycles. The van der Waals surface area contributed by atoms with E-state index in [4.69, 9.17) is 33.2 Å². The summed E-state index contributed by atoms with van der Waals surface area (Å²) in [6.45, 7) is 15.6. The number of fused-ring (bicyclic) bond motifs is 1. The van der Waals surface area contributed by atoms with Gasteiger partial charge in [-0.2, -0.15) is 0 Å². The fraction of sp³-hybridized carbons (Fsp3) is 0.475. The van der Waals surface area contributed by atoms with Gasteiger partial charge in [0.05, 0.1) is 22.3 Å². The minimum atomic E-state index is -1.82. The second-order valence-corrected chi connectivity index (χ2v) is 20.4. The Morgan fingerprint density at radius 3 is 1.51 bits per heavy atom. The van der Waals surface area contributed by atoms with Gasteiger partial charge in [-0.15, -0.1) is 0 Å². The molecule has 1 aliphatic rings. The van der Waals surface area contributed by atoms with Gasteiger partial charge < -0.3 is 33.2 Å². The quantitative estimate of drug-likeness (QED) is 0.0287. The zero-order valence-electron chi connectivity index (χ0n) is 44.6. The van der Waals surface area contributed by atoms with Crippen LogP contribution in [0.2, 0.25) is 0 Å². The number of esters is 4. The molecule has 0 saturated carbocycles. The zero-order valence-corrected chi connectivity index (χ0v) is 44.6. The highest BCUT2D eigenvalue weighted by atomic mass is 16.7. The van der Waals surface area contributed by atoms with Crippen molar-refractivity contribution in [3.63, 3.8) is 0 Å². The Kier molecular flexibility index (Phi) is 21.2. The van der Waals surface area contributed by atoms with Crippen LogP contribution in [0.4, 0.5) is 4.79 Å². The maximum atomic E-state index is 14.0. The minimum absolute atomic E-state index is 0.00761. The van der Waals surface area contributed by atoms with Crippen molar-refractivity contribution in [3.8, 4) is 11.5 Å². The fourth-order valence-electron chi connectivity index (χ4n) is 9.24. The molecule has 6 atom stereocenters. The molecule has 5 aromatic rings. The summed E-state index contributed by atoms with van der Waals surface area (Å²) in [5.41, 5.74) is 2.78. The first-order valence-electron chi connectivity index (χ1n) is 26.1. The van der Waals surface area contributed by atoms with Gasteiger partial charge in [-0.25, -0.2) is 24.0 Å². The summed E-state index contributed by atoms with van der Waals surface area (Å²) >= 11 is 0. The van der Waals surface area contributed by atoms with E-state index in [0.717, 1.165) is 54.4 Å². The number of carbonyl (C=O) groups excluding carboxylic acids is 5. The lowest BCUT2D eigenvalue weighted by Gasteiger charge is -2.38. The van der Waals surface area contributed by atoms with Crippen molar-refractivity contribution >= 4 is 30.0 Å². The van der Waals surface area contributed by atoms with Crippen LogP contribution in [-0.4, -0.2) is 87.1 Å². The molecule has 16 heteroatoms. The molecule has 6 unspecified atom stereocenters. The second kappa shape index (κ2) is 27.9. The Bertz CT molecular complexity index is 2660. The van der Waals surface area contributed by atoms with Crippen LogP contribution in [0.5, 0.6) is 11.5 Å². The Labute approximate surface area is 440 Å². The molecule has 6 rings (SSSR count). The van der Waals surface area contributed by atoms with Crippen LogP contribution in [-0.2, 0) is 30.1 Å². The second-order valence-electron chi connectivity index (χ2n) is 20.4. The van der Waals surface area contributed by atoms with E-state index >= 15 is 0 Å². The SMILES string of the molecule is Cc1c(C)c2c(c(C)c1OC(=O)OCC(OC(=O)c1cccnc1)C(OC(=O)c1cccnc1)C(COC(=O)c1cccnc1)OC(=O)c1cccnc1)CCC(C)(CCCC(C)CCCC(C)CCCC(C)C)O2. The van der Waals surface area contributed by atoms with E-state index in [0.29, 0.717) is 23.5 Å². The lowest BCUT2D eigenvalue weighted by atomic mass is 9.83. The number of hydrogen-bond acceptors (Lipinski definition) is 16. The third kappa shape index (κ3) is 16.9. The van der Waals surface area contributed by atoms with Gasteiger partial charge in [-0.3, -0.25) is 19.9 Å². The number of aromatic nitrogens is 4. The van der Waals surface area contributed by atoms with E-state index < -0.39 is 61.6 Å². The first-order chi connectivity index (χ1) is 36.0. The van der Waals surface area contributed by atoms with Gasteiger partial charge in [-0.05, 0) is 136 Å². The Morgan fingerprint density at radius 2 is 1.03 bits per heavy atom. The molecule has 400 valence electrons. The van der Waals surface area contributed by atoms with E-state index in [1.807, 2.05) is 20.8 Å². The predicted molar refractivity (Wildman–Crippen MR) is 280 cm³/mol. The number of ether oxygens (including phenoxy) is 7. The molecule has 4 aromatic heterocycles. The van der Waals surface area contributed by atoms with Gasteiger partial charge in [0.2, 0.25) is 0 Å². The van der Waals surface area contributed by atoms with E-state index in [1.165, 1.54) is 137 Å². The van der Waals surface area contributed by atoms with Crippen molar-refractivity contribution < 1.29 is 57.1 Å². The van der Waals surface area contributed by atoms with Gasteiger partial charge in [0, 0.05) is 55.1 Å². The van der Waals surface area contributed by atoms with Gasteiger partial charge in [-0.1, -0.05) is 72.6 Å². The normalized spacial score (nSPS) is 16.0. The van der Waals surface area contributed by atoms with Crippen molar-refractivity contribution in [1.29, 1.82) is 0 Å². The molecule has 0 amide bonds. The highest BCUT2D eigenvalue weighted by Gasteiger charge is 2.42. The number of pyridine rings is 4. The molecule has 0 aliphatic carbocycles. The molecule has 0 N–H and O–H groups in total. The van der Waals surface area contributed by atoms with E-state index in [2.05, 4.69) is 54.6 Å². The van der Waals surface area contributed by atoms with Crippen LogP contribution in [0.15, 0.2) is 98.1 Å². The molecule has 16 nitrogen and oxygen atoms in total. The van der Waals surface area contributed by atoms with Gasteiger partial charge in [0.1, 0.15) is 30.3 Å².